The van der Waals surface area contributed by atoms with E-state index in [1.165, 1.54) is 6.42 Å². The zero-order valence-corrected chi connectivity index (χ0v) is 8.16. The summed E-state index contributed by atoms with van der Waals surface area (Å²) >= 11 is 0. The van der Waals surface area contributed by atoms with Crippen LogP contribution in [0.5, 0.6) is 0 Å². The predicted octanol–water partition coefficient (Wildman–Crippen LogP) is 1.56. The smallest absolute Gasteiger partial charge is 0.111 e. The molecule has 0 aromatic carbocycles. The number of aliphatic hydroxyl groups is 1. The first kappa shape index (κ1) is 10.1. The molecule has 0 saturated heterocycles. The van der Waals surface area contributed by atoms with Gasteiger partial charge < -0.3 is 9.84 Å². The van der Waals surface area contributed by atoms with E-state index in [1.54, 1.807) is 20.3 Å². The summed E-state index contributed by atoms with van der Waals surface area (Å²) in [6, 6.07) is 0. The van der Waals surface area contributed by atoms with Crippen LogP contribution < -0.4 is 0 Å². The SMILES string of the molecule is CO/C=C/[C@@H]1C[C@@H]1CC#CC(C)O. The van der Waals surface area contributed by atoms with Gasteiger partial charge in [0.25, 0.3) is 0 Å². The summed E-state index contributed by atoms with van der Waals surface area (Å²) in [6.45, 7) is 1.68. The van der Waals surface area contributed by atoms with Crippen molar-refractivity contribution in [2.24, 2.45) is 11.8 Å². The number of hydrogen-bond acceptors (Lipinski definition) is 2. The Bertz CT molecular complexity index is 232. The van der Waals surface area contributed by atoms with E-state index >= 15 is 0 Å². The number of ether oxygens (including phenoxy) is 1. The van der Waals surface area contributed by atoms with E-state index in [-0.39, 0.29) is 0 Å². The van der Waals surface area contributed by atoms with E-state index in [2.05, 4.69) is 17.9 Å². The fourth-order valence-corrected chi connectivity index (χ4v) is 1.26. The summed E-state index contributed by atoms with van der Waals surface area (Å²) in [5.41, 5.74) is 0. The lowest BCUT2D eigenvalue weighted by Gasteiger charge is -1.89. The normalized spacial score (nSPS) is 27.9. The van der Waals surface area contributed by atoms with Gasteiger partial charge in [0.1, 0.15) is 6.10 Å². The third-order valence-electron chi connectivity index (χ3n) is 2.11. The molecule has 0 bridgehead atoms. The largest absolute Gasteiger partial charge is 0.505 e. The van der Waals surface area contributed by atoms with Gasteiger partial charge in [0, 0.05) is 6.42 Å². The monoisotopic (exact) mass is 180 g/mol. The standard InChI is InChI=1S/C11H16O2/c1-9(12)4-3-5-10-8-11(10)6-7-13-2/h6-7,9-12H,5,8H2,1-2H3/b7-6+/t9?,10-,11+/m0/s1. The lowest BCUT2D eigenvalue weighted by molar-refractivity contribution is 0.253. The Balaban J connectivity index is 2.15. The molecule has 0 aliphatic heterocycles. The van der Waals surface area contributed by atoms with Crippen LogP contribution >= 0.6 is 0 Å². The molecule has 0 radical (unpaired) electrons. The quantitative estimate of drug-likeness (QED) is 0.527. The van der Waals surface area contributed by atoms with E-state index in [4.69, 9.17) is 9.84 Å². The molecular weight excluding hydrogens is 164 g/mol. The molecule has 1 fully saturated rings. The zero-order chi connectivity index (χ0) is 9.68. The van der Waals surface area contributed by atoms with Crippen LogP contribution in [0.1, 0.15) is 19.8 Å². The molecular formula is C11H16O2. The molecule has 1 unspecified atom stereocenters. The Morgan fingerprint density at radius 3 is 3.08 bits per heavy atom. The van der Waals surface area contributed by atoms with Gasteiger partial charge >= 0.3 is 0 Å². The second-order valence-corrected chi connectivity index (χ2v) is 3.43. The Kier molecular flexibility index (Phi) is 3.85. The summed E-state index contributed by atoms with van der Waals surface area (Å²) < 4.78 is 4.83. The molecule has 1 rings (SSSR count). The van der Waals surface area contributed by atoms with Crippen molar-refractivity contribution in [3.05, 3.63) is 12.3 Å². The average molecular weight is 180 g/mol. The minimum Gasteiger partial charge on any atom is -0.505 e. The number of allylic oxidation sites excluding steroid dienone is 1. The van der Waals surface area contributed by atoms with Gasteiger partial charge in [-0.2, -0.15) is 0 Å². The fourth-order valence-electron chi connectivity index (χ4n) is 1.26. The van der Waals surface area contributed by atoms with Gasteiger partial charge in [-0.05, 0) is 31.3 Å². The maximum Gasteiger partial charge on any atom is 0.111 e. The van der Waals surface area contributed by atoms with E-state index in [1.807, 2.05) is 0 Å². The Morgan fingerprint density at radius 2 is 2.46 bits per heavy atom. The molecule has 3 atom stereocenters. The summed E-state index contributed by atoms with van der Waals surface area (Å²) in [4.78, 5) is 0. The van der Waals surface area contributed by atoms with Gasteiger partial charge in [0.2, 0.25) is 0 Å². The second-order valence-electron chi connectivity index (χ2n) is 3.43. The van der Waals surface area contributed by atoms with E-state index < -0.39 is 6.10 Å². The molecule has 1 N–H and O–H groups in total. The molecule has 2 nitrogen and oxygen atoms in total. The van der Waals surface area contributed by atoms with Crippen LogP contribution in [-0.4, -0.2) is 18.3 Å². The van der Waals surface area contributed by atoms with Crippen molar-refractivity contribution >= 4 is 0 Å². The second kappa shape index (κ2) is 4.94. The van der Waals surface area contributed by atoms with Crippen LogP contribution in [0.2, 0.25) is 0 Å². The van der Waals surface area contributed by atoms with Gasteiger partial charge in [0.05, 0.1) is 13.4 Å². The highest BCUT2D eigenvalue weighted by Crippen LogP contribution is 2.41. The van der Waals surface area contributed by atoms with Gasteiger partial charge in [-0.25, -0.2) is 0 Å². The molecule has 1 aliphatic carbocycles. The van der Waals surface area contributed by atoms with Gasteiger partial charge in [-0.15, -0.1) is 5.92 Å². The van der Waals surface area contributed by atoms with Crippen LogP contribution in [0, 0.1) is 23.7 Å². The minimum atomic E-state index is -0.494. The third kappa shape index (κ3) is 4.00. The lowest BCUT2D eigenvalue weighted by Crippen LogP contribution is -1.92. The number of hydrogen-bond donors (Lipinski definition) is 1. The van der Waals surface area contributed by atoms with Crippen molar-refractivity contribution in [3.8, 4) is 11.8 Å². The fraction of sp³-hybridized carbons (Fsp3) is 0.636. The number of methoxy groups -OCH3 is 1. The first-order valence-electron chi connectivity index (χ1n) is 4.60. The Hall–Kier alpha value is -0.940. The van der Waals surface area contributed by atoms with Crippen LogP contribution in [-0.2, 0) is 4.74 Å². The van der Waals surface area contributed by atoms with Crippen LogP contribution in [0.3, 0.4) is 0 Å². The highest BCUT2D eigenvalue weighted by atomic mass is 16.5. The summed E-state index contributed by atoms with van der Waals surface area (Å²) in [5.74, 6) is 7.04. The average Bonchev–Trinajstić information content (AvgIpc) is 2.80. The van der Waals surface area contributed by atoms with Gasteiger partial charge in [-0.1, -0.05) is 5.92 Å². The van der Waals surface area contributed by atoms with E-state index in [0.717, 1.165) is 6.42 Å². The Labute approximate surface area is 79.6 Å². The highest BCUT2D eigenvalue weighted by Gasteiger charge is 2.33. The molecule has 0 aromatic heterocycles. The molecule has 1 saturated carbocycles. The summed E-state index contributed by atoms with van der Waals surface area (Å²) in [7, 11) is 1.65. The summed E-state index contributed by atoms with van der Waals surface area (Å²) in [5, 5.41) is 8.89. The van der Waals surface area contributed by atoms with Crippen LogP contribution in [0.4, 0.5) is 0 Å². The number of rotatable bonds is 3. The van der Waals surface area contributed by atoms with Crippen molar-refractivity contribution in [1.29, 1.82) is 0 Å². The molecule has 2 heteroatoms. The first-order chi connectivity index (χ1) is 6.24. The highest BCUT2D eigenvalue weighted by molar-refractivity contribution is 5.09. The molecule has 0 aromatic rings. The lowest BCUT2D eigenvalue weighted by atomic mass is 10.2. The maximum absolute atomic E-state index is 8.89. The van der Waals surface area contributed by atoms with Gasteiger partial charge in [0.15, 0.2) is 0 Å². The molecule has 0 heterocycles. The number of aliphatic hydroxyl groups excluding tert-OH is 1. The van der Waals surface area contributed by atoms with Crippen molar-refractivity contribution in [2.45, 2.75) is 25.9 Å². The summed E-state index contributed by atoms with van der Waals surface area (Å²) in [6.07, 6.45) is 5.41. The topological polar surface area (TPSA) is 29.5 Å². The third-order valence-corrected chi connectivity index (χ3v) is 2.11. The first-order valence-corrected chi connectivity index (χ1v) is 4.60. The van der Waals surface area contributed by atoms with E-state index in [9.17, 15) is 0 Å². The van der Waals surface area contributed by atoms with Gasteiger partial charge in [-0.3, -0.25) is 0 Å². The molecule has 72 valence electrons. The zero-order valence-electron chi connectivity index (χ0n) is 8.16. The molecule has 0 spiro atoms. The molecule has 0 amide bonds. The van der Waals surface area contributed by atoms with Crippen molar-refractivity contribution < 1.29 is 9.84 Å². The van der Waals surface area contributed by atoms with Crippen LogP contribution in [0.15, 0.2) is 12.3 Å². The Morgan fingerprint density at radius 1 is 1.69 bits per heavy atom. The molecule has 1 aliphatic rings. The van der Waals surface area contributed by atoms with Crippen molar-refractivity contribution in [1.82, 2.24) is 0 Å². The van der Waals surface area contributed by atoms with Crippen molar-refractivity contribution in [3.63, 3.8) is 0 Å². The van der Waals surface area contributed by atoms with Crippen LogP contribution in [0.25, 0.3) is 0 Å². The minimum absolute atomic E-state index is 0.494. The molecule has 13 heavy (non-hydrogen) atoms. The predicted molar refractivity (Wildman–Crippen MR) is 51.8 cm³/mol. The van der Waals surface area contributed by atoms with E-state index in [0.29, 0.717) is 11.8 Å². The maximum atomic E-state index is 8.89. The van der Waals surface area contributed by atoms with Crippen molar-refractivity contribution in [2.75, 3.05) is 7.11 Å².